The molecule has 0 aliphatic heterocycles. The number of unbranched alkanes of at least 4 members (excludes halogenated alkanes) is 1. The Morgan fingerprint density at radius 1 is 1.22 bits per heavy atom. The van der Waals surface area contributed by atoms with Crippen LogP contribution < -0.4 is 10.6 Å². The maximum atomic E-state index is 11.5. The largest absolute Gasteiger partial charge is 0.471 e. The second-order valence-corrected chi connectivity index (χ2v) is 8.76. The van der Waals surface area contributed by atoms with E-state index in [1.54, 1.807) is 6.07 Å². The van der Waals surface area contributed by atoms with Gasteiger partial charge in [0, 0.05) is 30.5 Å². The van der Waals surface area contributed by atoms with Crippen LogP contribution in [0.5, 0.6) is 0 Å². The first-order valence-electron chi connectivity index (χ1n) is 10.9. The van der Waals surface area contributed by atoms with Crippen molar-refractivity contribution in [3.05, 3.63) is 47.0 Å². The minimum absolute atomic E-state index is 0.0607. The minimum atomic E-state index is -0.644. The molecule has 1 amide bonds. The summed E-state index contributed by atoms with van der Waals surface area (Å²) < 4.78 is 5.66. The topological polar surface area (TPSA) is 111 Å². The van der Waals surface area contributed by atoms with Crippen LogP contribution in [0, 0.1) is 11.8 Å². The molecule has 1 aliphatic carbocycles. The lowest BCUT2D eigenvalue weighted by molar-refractivity contribution is -0.121. The van der Waals surface area contributed by atoms with Gasteiger partial charge in [0.25, 0.3) is 5.17 Å². The van der Waals surface area contributed by atoms with E-state index in [9.17, 15) is 15.0 Å². The Morgan fingerprint density at radius 3 is 2.75 bits per heavy atom. The van der Waals surface area contributed by atoms with Crippen LogP contribution in [0.1, 0.15) is 37.7 Å². The van der Waals surface area contributed by atoms with Gasteiger partial charge in [-0.15, -0.1) is 0 Å². The molecule has 5 N–H and O–H groups in total. The van der Waals surface area contributed by atoms with Crippen LogP contribution in [-0.2, 0) is 16.1 Å². The van der Waals surface area contributed by atoms with E-state index in [1.807, 2.05) is 30.4 Å². The van der Waals surface area contributed by atoms with Gasteiger partial charge in [-0.3, -0.25) is 4.79 Å². The molecule has 0 heterocycles. The average Bonchev–Trinajstić information content (AvgIpc) is 3.03. The van der Waals surface area contributed by atoms with Crippen molar-refractivity contribution in [1.29, 1.82) is 0 Å². The Balaban J connectivity index is 1.71. The average molecular weight is 485 g/mol. The number of aliphatic hydroxyl groups excluding tert-OH is 3. The van der Waals surface area contributed by atoms with Gasteiger partial charge < -0.3 is 30.7 Å². The van der Waals surface area contributed by atoms with Crippen molar-refractivity contribution in [1.82, 2.24) is 10.6 Å². The van der Waals surface area contributed by atoms with Crippen molar-refractivity contribution in [3.8, 4) is 0 Å². The highest BCUT2D eigenvalue weighted by Crippen LogP contribution is 2.35. The summed E-state index contributed by atoms with van der Waals surface area (Å²) >= 11 is 11.2. The summed E-state index contributed by atoms with van der Waals surface area (Å²) in [5, 5.41) is 35.9. The Labute approximate surface area is 199 Å². The molecule has 1 unspecified atom stereocenters. The predicted molar refractivity (Wildman–Crippen MR) is 128 cm³/mol. The van der Waals surface area contributed by atoms with E-state index < -0.39 is 12.2 Å². The number of carbonyl (C=O) groups excluding carboxylic acids is 1. The number of thiocarbonyl (C=S) groups is 1. The van der Waals surface area contributed by atoms with E-state index in [4.69, 9.17) is 33.7 Å². The molecule has 4 atom stereocenters. The summed E-state index contributed by atoms with van der Waals surface area (Å²) in [6.45, 7) is 0.928. The number of ether oxygens (including phenoxy) is 1. The third-order valence-corrected chi connectivity index (χ3v) is 6.03. The Morgan fingerprint density at radius 2 is 2.00 bits per heavy atom. The van der Waals surface area contributed by atoms with E-state index in [0.29, 0.717) is 37.3 Å². The highest BCUT2D eigenvalue weighted by molar-refractivity contribution is 7.80. The summed E-state index contributed by atoms with van der Waals surface area (Å²) in [7, 11) is 0. The second-order valence-electron chi connectivity index (χ2n) is 7.95. The van der Waals surface area contributed by atoms with Crippen LogP contribution in [0.25, 0.3) is 0 Å². The first kappa shape index (κ1) is 26.5. The molecule has 1 saturated carbocycles. The van der Waals surface area contributed by atoms with Gasteiger partial charge in [0.2, 0.25) is 5.91 Å². The Hall–Kier alpha value is -1.71. The molecule has 0 radical (unpaired) electrons. The van der Waals surface area contributed by atoms with Crippen LogP contribution >= 0.6 is 23.8 Å². The van der Waals surface area contributed by atoms with Gasteiger partial charge in [0.05, 0.1) is 25.4 Å². The number of amides is 1. The first-order chi connectivity index (χ1) is 15.4. The number of hydrogen-bond donors (Lipinski definition) is 5. The zero-order valence-electron chi connectivity index (χ0n) is 18.1. The highest BCUT2D eigenvalue weighted by Gasteiger charge is 2.41. The van der Waals surface area contributed by atoms with Crippen molar-refractivity contribution in [3.63, 3.8) is 0 Å². The molecule has 1 fully saturated rings. The van der Waals surface area contributed by atoms with E-state index in [0.717, 1.165) is 12.0 Å². The number of allylic oxidation sites excluding steroid dienone is 2. The van der Waals surface area contributed by atoms with Crippen molar-refractivity contribution < 1.29 is 24.9 Å². The molecule has 0 bridgehead atoms. The lowest BCUT2D eigenvalue weighted by atomic mass is 9.91. The molecule has 0 saturated heterocycles. The maximum absolute atomic E-state index is 11.5. The molecule has 32 heavy (non-hydrogen) atoms. The molecule has 7 nitrogen and oxygen atoms in total. The number of carbonyl (C=O) groups is 1. The van der Waals surface area contributed by atoms with Gasteiger partial charge >= 0.3 is 0 Å². The van der Waals surface area contributed by atoms with Gasteiger partial charge in [0.15, 0.2) is 0 Å². The summed E-state index contributed by atoms with van der Waals surface area (Å²) in [6, 6.07) is 7.45. The maximum Gasteiger partial charge on any atom is 0.256 e. The standard InChI is InChI=1S/C23H33ClN2O5S/c24-17-7-5-6-16(12-17)14-26-23(32)31-15-19-18(20(28)13-21(19)29)8-3-1-2-4-9-22(30)25-10-11-27/h1,3,5-7,12,18-21,27-29H,2,4,8-11,13-15H2,(H,25,30)(H,26,32)/t18-,19?,20+,21-/m1/s1. The fourth-order valence-electron chi connectivity index (χ4n) is 3.81. The molecule has 1 aliphatic rings. The van der Waals surface area contributed by atoms with Crippen LogP contribution in [0.15, 0.2) is 36.4 Å². The smallest absolute Gasteiger partial charge is 0.256 e. The van der Waals surface area contributed by atoms with Crippen LogP contribution in [0.3, 0.4) is 0 Å². The van der Waals surface area contributed by atoms with Crippen LogP contribution in [0.2, 0.25) is 5.02 Å². The summed E-state index contributed by atoms with van der Waals surface area (Å²) in [5.74, 6) is -0.409. The molecule has 1 aromatic rings. The van der Waals surface area contributed by atoms with Gasteiger partial charge in [-0.1, -0.05) is 35.9 Å². The van der Waals surface area contributed by atoms with Gasteiger partial charge in [-0.05, 0) is 61.5 Å². The number of benzene rings is 1. The van der Waals surface area contributed by atoms with Crippen LogP contribution in [-0.4, -0.2) is 58.4 Å². The van der Waals surface area contributed by atoms with Gasteiger partial charge in [0.1, 0.15) is 0 Å². The van der Waals surface area contributed by atoms with Gasteiger partial charge in [-0.2, -0.15) is 0 Å². The number of aliphatic hydroxyl groups is 3. The fourth-order valence-corrected chi connectivity index (χ4v) is 4.17. The molecule has 0 aromatic heterocycles. The van der Waals surface area contributed by atoms with Crippen molar-refractivity contribution in [2.24, 2.45) is 11.8 Å². The number of halogens is 1. The van der Waals surface area contributed by atoms with E-state index in [2.05, 4.69) is 10.6 Å². The van der Waals surface area contributed by atoms with E-state index in [1.165, 1.54) is 0 Å². The first-order valence-corrected chi connectivity index (χ1v) is 11.7. The quantitative estimate of drug-likeness (QED) is 0.176. The summed E-state index contributed by atoms with van der Waals surface area (Å²) in [4.78, 5) is 11.5. The molecule has 2 rings (SSSR count). The third kappa shape index (κ3) is 9.42. The SMILES string of the molecule is O=C(CCCC=CC[C@@H]1C(COC(=S)NCc2cccc(Cl)c2)[C@H](O)C[C@@H]1O)NCCO. The lowest BCUT2D eigenvalue weighted by Gasteiger charge is -2.23. The third-order valence-electron chi connectivity index (χ3n) is 5.54. The normalized spacial score (nSPS) is 22.8. The second kappa shape index (κ2) is 14.4. The fraction of sp³-hybridized carbons (Fsp3) is 0.565. The molecule has 0 spiro atoms. The predicted octanol–water partition coefficient (Wildman–Crippen LogP) is 2.31. The van der Waals surface area contributed by atoms with Crippen molar-refractivity contribution >= 4 is 34.9 Å². The Bertz CT molecular complexity index is 764. The number of nitrogens with one attached hydrogen (secondary N) is 2. The summed E-state index contributed by atoms with van der Waals surface area (Å²) in [5.41, 5.74) is 0.980. The van der Waals surface area contributed by atoms with Crippen molar-refractivity contribution in [2.45, 2.75) is 50.9 Å². The van der Waals surface area contributed by atoms with Gasteiger partial charge in [-0.25, -0.2) is 0 Å². The van der Waals surface area contributed by atoms with E-state index in [-0.39, 0.29) is 42.7 Å². The Kier molecular flexibility index (Phi) is 12.0. The molecular formula is C23H33ClN2O5S. The highest BCUT2D eigenvalue weighted by atomic mass is 35.5. The number of rotatable bonds is 12. The van der Waals surface area contributed by atoms with Crippen LogP contribution in [0.4, 0.5) is 0 Å². The number of hydrogen-bond acceptors (Lipinski definition) is 6. The zero-order valence-corrected chi connectivity index (χ0v) is 19.7. The lowest BCUT2D eigenvalue weighted by Crippen LogP contribution is -2.31. The molecule has 1 aromatic carbocycles. The van der Waals surface area contributed by atoms with E-state index >= 15 is 0 Å². The molecular weight excluding hydrogens is 452 g/mol. The monoisotopic (exact) mass is 484 g/mol. The minimum Gasteiger partial charge on any atom is -0.471 e. The summed E-state index contributed by atoms with van der Waals surface area (Å²) in [6.07, 6.45) is 5.54. The van der Waals surface area contributed by atoms with Crippen molar-refractivity contribution in [2.75, 3.05) is 19.8 Å². The zero-order chi connectivity index (χ0) is 23.3. The molecule has 9 heteroatoms. The molecule has 178 valence electrons.